The molecule has 4 nitrogen and oxygen atoms in total. The first-order valence-corrected chi connectivity index (χ1v) is 3.14. The van der Waals surface area contributed by atoms with Gasteiger partial charge in [-0.05, 0) is 17.6 Å². The smallest absolute Gasteiger partial charge is 0.264 e. The first kappa shape index (κ1) is 9.15. The zero-order valence-corrected chi connectivity index (χ0v) is 5.98. The third-order valence-electron chi connectivity index (χ3n) is 1.31. The van der Waals surface area contributed by atoms with Crippen LogP contribution in [0, 0.1) is 5.82 Å². The van der Waals surface area contributed by atoms with Crippen molar-refractivity contribution in [2.24, 2.45) is 0 Å². The number of benzene rings is 1. The first-order valence-electron chi connectivity index (χ1n) is 3.14. The molecule has 0 saturated heterocycles. The van der Waals surface area contributed by atoms with Gasteiger partial charge in [0.1, 0.15) is 5.82 Å². The normalized spacial score (nSPS) is 9.92. The van der Waals surface area contributed by atoms with Crippen molar-refractivity contribution in [3.63, 3.8) is 0 Å². The minimum atomic E-state index is -1.37. The van der Waals surface area contributed by atoms with Crippen LogP contribution >= 0.6 is 0 Å². The molecule has 0 aliphatic carbocycles. The van der Waals surface area contributed by atoms with Gasteiger partial charge in [-0.15, -0.1) is 0 Å². The molecule has 0 atom stereocenters. The zero-order valence-electron chi connectivity index (χ0n) is 5.98. The van der Waals surface area contributed by atoms with E-state index in [1.807, 2.05) is 0 Å². The van der Waals surface area contributed by atoms with Gasteiger partial charge in [-0.25, -0.2) is 4.39 Å². The van der Waals surface area contributed by atoms with Gasteiger partial charge in [0.05, 0.1) is 0 Å². The molecule has 0 saturated carbocycles. The topological polar surface area (TPSA) is 58.9 Å². The Morgan fingerprint density at radius 2 is 1.92 bits per heavy atom. The Balaban J connectivity index is 2.85. The second kappa shape index (κ2) is 4.17. The summed E-state index contributed by atoms with van der Waals surface area (Å²) < 4.78 is 12.5. The van der Waals surface area contributed by atoms with Crippen LogP contribution < -0.4 is 5.46 Å². The van der Waals surface area contributed by atoms with Crippen molar-refractivity contribution >= 4 is 12.6 Å². The lowest BCUT2D eigenvalue weighted by molar-refractivity contribution is -0.221. The maximum atomic E-state index is 12.5. The number of hydrogen-bond donors (Lipinski definition) is 2. The average Bonchev–Trinajstić information content (AvgIpc) is 2.07. The van der Waals surface area contributed by atoms with Gasteiger partial charge < -0.3 is 0 Å². The molecule has 64 valence electrons. The molecule has 0 fully saturated rings. The summed E-state index contributed by atoms with van der Waals surface area (Å²) >= 11 is 0. The van der Waals surface area contributed by atoms with Crippen LogP contribution in [0.1, 0.15) is 0 Å². The summed E-state index contributed by atoms with van der Waals surface area (Å²) in [6.07, 6.45) is 0. The maximum absolute atomic E-state index is 12.5. The van der Waals surface area contributed by atoms with Crippen molar-refractivity contribution in [3.8, 4) is 0 Å². The molecule has 0 aromatic heterocycles. The molecule has 0 aliphatic rings. The molecule has 0 bridgehead atoms. The van der Waals surface area contributed by atoms with E-state index >= 15 is 0 Å². The molecular formula is C6H6BFO4. The highest BCUT2D eigenvalue weighted by Gasteiger charge is 2.21. The Kier molecular flexibility index (Phi) is 3.18. The van der Waals surface area contributed by atoms with Crippen LogP contribution in [-0.4, -0.2) is 17.6 Å². The lowest BCUT2D eigenvalue weighted by Gasteiger charge is -2.03. The largest absolute Gasteiger partial charge is 0.554 e. The minimum Gasteiger partial charge on any atom is -0.264 e. The van der Waals surface area contributed by atoms with Gasteiger partial charge in [0.2, 0.25) is 0 Å². The van der Waals surface area contributed by atoms with Gasteiger partial charge in [-0.2, -0.15) is 0 Å². The predicted octanol–water partition coefficient (Wildman–Crippen LogP) is 0.500. The zero-order chi connectivity index (χ0) is 8.97. The van der Waals surface area contributed by atoms with Gasteiger partial charge in [0.15, 0.2) is 0 Å². The summed E-state index contributed by atoms with van der Waals surface area (Å²) in [5.74, 6) is -0.508. The van der Waals surface area contributed by atoms with E-state index in [9.17, 15) is 4.39 Å². The Hall–Kier alpha value is -0.945. The molecule has 0 heterocycles. The molecule has 0 radical (unpaired) electrons. The molecule has 1 aromatic rings. The predicted molar refractivity (Wildman–Crippen MR) is 39.2 cm³/mol. The van der Waals surface area contributed by atoms with Crippen LogP contribution in [0.2, 0.25) is 0 Å². The molecule has 1 aromatic carbocycles. The van der Waals surface area contributed by atoms with Gasteiger partial charge in [0.25, 0.3) is 0 Å². The van der Waals surface area contributed by atoms with Crippen LogP contribution in [-0.2, 0) is 9.61 Å². The third kappa shape index (κ3) is 2.02. The summed E-state index contributed by atoms with van der Waals surface area (Å²) in [4.78, 5) is 7.40. The van der Waals surface area contributed by atoms with Crippen molar-refractivity contribution in [1.82, 2.24) is 0 Å². The molecule has 1 rings (SSSR count). The SMILES string of the molecule is OOB(OO)c1cccc(F)c1. The van der Waals surface area contributed by atoms with Crippen LogP contribution in [0.15, 0.2) is 24.3 Å². The van der Waals surface area contributed by atoms with Crippen molar-refractivity contribution in [1.29, 1.82) is 0 Å². The lowest BCUT2D eigenvalue weighted by atomic mass is 9.80. The monoisotopic (exact) mass is 172 g/mol. The molecule has 0 unspecified atom stereocenters. The summed E-state index contributed by atoms with van der Waals surface area (Å²) in [6, 6.07) is 5.11. The Morgan fingerprint density at radius 3 is 2.42 bits per heavy atom. The van der Waals surface area contributed by atoms with Crippen LogP contribution in [0.5, 0.6) is 0 Å². The van der Waals surface area contributed by atoms with E-state index in [2.05, 4.69) is 9.61 Å². The van der Waals surface area contributed by atoms with E-state index in [1.165, 1.54) is 18.2 Å². The van der Waals surface area contributed by atoms with Gasteiger partial charge in [-0.1, -0.05) is 12.1 Å². The quantitative estimate of drug-likeness (QED) is 0.395. The van der Waals surface area contributed by atoms with Gasteiger partial charge in [0, 0.05) is 0 Å². The van der Waals surface area contributed by atoms with Crippen LogP contribution in [0.25, 0.3) is 0 Å². The summed E-state index contributed by atoms with van der Waals surface area (Å²) in [5.41, 5.74) is 0.181. The van der Waals surface area contributed by atoms with Gasteiger partial charge >= 0.3 is 7.12 Å². The van der Waals surface area contributed by atoms with E-state index in [0.717, 1.165) is 6.07 Å². The molecule has 0 amide bonds. The molecule has 0 aliphatic heterocycles. The fourth-order valence-electron chi connectivity index (χ4n) is 0.794. The highest BCUT2D eigenvalue weighted by atomic mass is 19.1. The van der Waals surface area contributed by atoms with Crippen molar-refractivity contribution in [2.45, 2.75) is 0 Å². The molecule has 0 spiro atoms. The summed E-state index contributed by atoms with van der Waals surface area (Å²) in [6.45, 7) is 0. The van der Waals surface area contributed by atoms with E-state index in [-0.39, 0.29) is 5.46 Å². The van der Waals surface area contributed by atoms with E-state index in [4.69, 9.17) is 10.5 Å². The molecule has 2 N–H and O–H groups in total. The number of halogens is 1. The standard InChI is InChI=1S/C6H6BFO4/c8-6-3-1-2-5(4-6)7(11-9)12-10/h1-4,9-10H. The van der Waals surface area contributed by atoms with Crippen molar-refractivity contribution in [2.75, 3.05) is 0 Å². The lowest BCUT2D eigenvalue weighted by Crippen LogP contribution is -2.35. The maximum Gasteiger partial charge on any atom is 0.554 e. The first-order chi connectivity index (χ1) is 5.77. The summed E-state index contributed by atoms with van der Waals surface area (Å²) in [5, 5.41) is 16.3. The van der Waals surface area contributed by atoms with Crippen molar-refractivity contribution in [3.05, 3.63) is 30.1 Å². The number of hydrogen-bond acceptors (Lipinski definition) is 4. The second-order valence-corrected chi connectivity index (χ2v) is 2.10. The van der Waals surface area contributed by atoms with E-state index in [1.54, 1.807) is 0 Å². The van der Waals surface area contributed by atoms with E-state index in [0.29, 0.717) is 0 Å². The number of rotatable bonds is 3. The Bertz CT molecular complexity index is 253. The van der Waals surface area contributed by atoms with Crippen LogP contribution in [0.3, 0.4) is 0 Å². The van der Waals surface area contributed by atoms with E-state index < -0.39 is 12.9 Å². The van der Waals surface area contributed by atoms with Crippen molar-refractivity contribution < 1.29 is 24.5 Å². The summed E-state index contributed by atoms with van der Waals surface area (Å²) in [7, 11) is -1.37. The minimum absolute atomic E-state index is 0.181. The fourth-order valence-corrected chi connectivity index (χ4v) is 0.794. The molecular weight excluding hydrogens is 166 g/mol. The molecule has 6 heteroatoms. The third-order valence-corrected chi connectivity index (χ3v) is 1.31. The highest BCUT2D eigenvalue weighted by Crippen LogP contribution is 1.95. The molecule has 12 heavy (non-hydrogen) atoms. The van der Waals surface area contributed by atoms with Crippen LogP contribution in [0.4, 0.5) is 4.39 Å². The highest BCUT2D eigenvalue weighted by molar-refractivity contribution is 6.60. The fraction of sp³-hybridized carbons (Fsp3) is 0. The second-order valence-electron chi connectivity index (χ2n) is 2.10. The Labute approximate surface area is 68.2 Å². The average molecular weight is 172 g/mol. The Morgan fingerprint density at radius 1 is 1.25 bits per heavy atom. The van der Waals surface area contributed by atoms with Gasteiger partial charge in [-0.3, -0.25) is 20.1 Å².